The molecule has 0 spiro atoms. The van der Waals surface area contributed by atoms with Crippen LogP contribution in [0.3, 0.4) is 0 Å². The zero-order valence-corrected chi connectivity index (χ0v) is 36.7. The van der Waals surface area contributed by atoms with Gasteiger partial charge < -0.3 is 4.57 Å². The van der Waals surface area contributed by atoms with Crippen molar-refractivity contribution in [2.24, 2.45) is 0 Å². The standard InChI is InChI=1S/C33H22NOPS.C21H12BrNS/c35-36(24-11-3-1-4-12-24,25-13-5-2-6-14-25)26-21-19-23(20-22-26)32-31-28-16-8-10-18-30(28)37-33(31)27-15-7-9-17-29(27)34-32;22-14-11-9-13(10-12-14)20-19-16-6-2-4-8-18(16)24-21(19)15-5-1-3-7-17(15)23-20/h1-22H;1-12H. The van der Waals surface area contributed by atoms with Crippen molar-refractivity contribution in [2.75, 3.05) is 0 Å². The van der Waals surface area contributed by atoms with Gasteiger partial charge in [0, 0.05) is 82.6 Å². The second kappa shape index (κ2) is 15.6. The predicted molar refractivity (Wildman–Crippen MR) is 267 cm³/mol. The van der Waals surface area contributed by atoms with E-state index in [-0.39, 0.29) is 0 Å². The third kappa shape index (κ3) is 6.59. The van der Waals surface area contributed by atoms with Crippen LogP contribution < -0.4 is 15.9 Å². The number of benzene rings is 8. The summed E-state index contributed by atoms with van der Waals surface area (Å²) in [7, 11) is -3.02. The van der Waals surface area contributed by atoms with Gasteiger partial charge in [-0.25, -0.2) is 9.97 Å². The third-order valence-corrected chi connectivity index (χ3v) is 17.3. The Kier molecular flexibility index (Phi) is 9.67. The fraction of sp³-hybridized carbons (Fsp3) is 0. The fourth-order valence-electron chi connectivity index (χ4n) is 8.40. The van der Waals surface area contributed by atoms with Crippen molar-refractivity contribution in [3.05, 3.63) is 211 Å². The van der Waals surface area contributed by atoms with Crippen LogP contribution in [0, 0.1) is 0 Å². The third-order valence-electron chi connectivity index (χ3n) is 11.3. The summed E-state index contributed by atoms with van der Waals surface area (Å²) >= 11 is 7.19. The number of para-hydroxylation sites is 2. The van der Waals surface area contributed by atoms with Crippen LogP contribution in [0.4, 0.5) is 0 Å². The largest absolute Gasteiger partial charge is 0.309 e. The van der Waals surface area contributed by atoms with Gasteiger partial charge in [0.2, 0.25) is 0 Å². The van der Waals surface area contributed by atoms with Gasteiger partial charge in [0.25, 0.3) is 0 Å². The molecule has 12 aromatic rings. The first-order valence-electron chi connectivity index (χ1n) is 20.0. The Hall–Kier alpha value is -6.27. The first-order chi connectivity index (χ1) is 30.0. The Bertz CT molecular complexity index is 3580. The van der Waals surface area contributed by atoms with Crippen molar-refractivity contribution >= 4 is 124 Å². The molecule has 8 aromatic carbocycles. The Labute approximate surface area is 369 Å². The summed E-state index contributed by atoms with van der Waals surface area (Å²) in [4.78, 5) is 10.2. The molecule has 7 heteroatoms. The van der Waals surface area contributed by atoms with E-state index in [4.69, 9.17) is 9.97 Å². The molecule has 0 fully saturated rings. The van der Waals surface area contributed by atoms with E-state index in [9.17, 15) is 4.57 Å². The number of pyridine rings is 2. The molecule has 0 aliphatic rings. The summed E-state index contributed by atoms with van der Waals surface area (Å²) in [5, 5.41) is 9.85. The van der Waals surface area contributed by atoms with Crippen LogP contribution in [0.15, 0.2) is 211 Å². The molecular formula is C54H34BrN2OPS2. The molecule has 61 heavy (non-hydrogen) atoms. The molecule has 0 aliphatic carbocycles. The summed E-state index contributed by atoms with van der Waals surface area (Å²) in [6.07, 6.45) is 0. The van der Waals surface area contributed by atoms with E-state index in [0.29, 0.717) is 0 Å². The fourth-order valence-corrected chi connectivity index (χ4v) is 13.8. The Balaban J connectivity index is 0.000000151. The van der Waals surface area contributed by atoms with Crippen LogP contribution >= 0.6 is 45.7 Å². The van der Waals surface area contributed by atoms with Gasteiger partial charge in [-0.3, -0.25) is 0 Å². The van der Waals surface area contributed by atoms with Gasteiger partial charge in [-0.2, -0.15) is 0 Å². The number of fused-ring (bicyclic) bond motifs is 10. The molecule has 4 heterocycles. The lowest BCUT2D eigenvalue weighted by molar-refractivity contribution is 0.592. The van der Waals surface area contributed by atoms with E-state index in [1.807, 2.05) is 102 Å². The second-order valence-corrected chi connectivity index (χ2v) is 20.7. The molecule has 4 aromatic heterocycles. The lowest BCUT2D eigenvalue weighted by Gasteiger charge is -2.20. The maximum atomic E-state index is 14.8. The van der Waals surface area contributed by atoms with Gasteiger partial charge in [-0.1, -0.05) is 186 Å². The highest BCUT2D eigenvalue weighted by Crippen LogP contribution is 2.46. The minimum absolute atomic E-state index is 0.820. The number of hydrogen-bond acceptors (Lipinski definition) is 5. The van der Waals surface area contributed by atoms with Gasteiger partial charge in [-0.05, 0) is 36.4 Å². The maximum absolute atomic E-state index is 14.8. The van der Waals surface area contributed by atoms with Crippen LogP contribution in [0.2, 0.25) is 0 Å². The zero-order valence-electron chi connectivity index (χ0n) is 32.6. The van der Waals surface area contributed by atoms with Gasteiger partial charge >= 0.3 is 0 Å². The molecule has 0 N–H and O–H groups in total. The maximum Gasteiger partial charge on any atom is 0.171 e. The molecule has 0 amide bonds. The molecule has 290 valence electrons. The zero-order chi connectivity index (χ0) is 40.9. The number of rotatable bonds is 5. The lowest BCUT2D eigenvalue weighted by Crippen LogP contribution is -2.24. The molecule has 3 nitrogen and oxygen atoms in total. The summed E-state index contributed by atoms with van der Waals surface area (Å²) < 4.78 is 21.0. The van der Waals surface area contributed by atoms with Crippen molar-refractivity contribution in [2.45, 2.75) is 0 Å². The van der Waals surface area contributed by atoms with Crippen molar-refractivity contribution in [3.63, 3.8) is 0 Å². The highest BCUT2D eigenvalue weighted by molar-refractivity contribution is 9.10. The van der Waals surface area contributed by atoms with Gasteiger partial charge in [0.1, 0.15) is 0 Å². The first kappa shape index (κ1) is 37.7. The van der Waals surface area contributed by atoms with Crippen molar-refractivity contribution in [3.8, 4) is 22.5 Å². The smallest absolute Gasteiger partial charge is 0.171 e. The Morgan fingerprint density at radius 3 is 1.20 bits per heavy atom. The monoisotopic (exact) mass is 900 g/mol. The quantitative estimate of drug-likeness (QED) is 0.162. The highest BCUT2D eigenvalue weighted by atomic mass is 79.9. The normalized spacial score (nSPS) is 11.8. The minimum atomic E-state index is -3.02. The number of nitrogens with zero attached hydrogens (tertiary/aromatic N) is 2. The topological polar surface area (TPSA) is 42.9 Å². The molecule has 0 atom stereocenters. The molecule has 0 unspecified atom stereocenters. The van der Waals surface area contributed by atoms with Crippen LogP contribution in [-0.4, -0.2) is 9.97 Å². The highest BCUT2D eigenvalue weighted by Gasteiger charge is 2.29. The number of thiophene rings is 2. The van der Waals surface area contributed by atoms with Crippen molar-refractivity contribution < 1.29 is 4.57 Å². The van der Waals surface area contributed by atoms with Crippen molar-refractivity contribution in [1.82, 2.24) is 9.97 Å². The Morgan fingerprint density at radius 1 is 0.377 bits per heavy atom. The summed E-state index contributed by atoms with van der Waals surface area (Å²) in [5.74, 6) is 0. The minimum Gasteiger partial charge on any atom is -0.309 e. The number of hydrogen-bond donors (Lipinski definition) is 0. The lowest BCUT2D eigenvalue weighted by atomic mass is 10.0. The van der Waals surface area contributed by atoms with E-state index in [1.54, 1.807) is 0 Å². The SMILES string of the molecule is Brc1ccc(-c2nc3ccccc3c3sc4ccccc4c23)cc1.O=P(c1ccccc1)(c1ccccc1)c1ccc(-c2nc3ccccc3c3sc4ccccc4c23)cc1. The summed E-state index contributed by atoms with van der Waals surface area (Å²) in [5.41, 5.74) is 6.24. The van der Waals surface area contributed by atoms with E-state index in [0.717, 1.165) is 53.9 Å². The second-order valence-electron chi connectivity index (χ2n) is 14.9. The van der Waals surface area contributed by atoms with Crippen LogP contribution in [0.5, 0.6) is 0 Å². The van der Waals surface area contributed by atoms with Crippen LogP contribution in [0.1, 0.15) is 0 Å². The van der Waals surface area contributed by atoms with E-state index in [1.165, 1.54) is 51.1 Å². The van der Waals surface area contributed by atoms with E-state index >= 15 is 0 Å². The molecule has 0 bridgehead atoms. The van der Waals surface area contributed by atoms with E-state index in [2.05, 4.69) is 143 Å². The Morgan fingerprint density at radius 2 is 0.738 bits per heavy atom. The summed E-state index contributed by atoms with van der Waals surface area (Å²) in [6, 6.07) is 70.1. The van der Waals surface area contributed by atoms with Gasteiger partial charge in [-0.15, -0.1) is 22.7 Å². The average molecular weight is 902 g/mol. The van der Waals surface area contributed by atoms with Gasteiger partial charge in [0.15, 0.2) is 7.14 Å². The summed E-state index contributed by atoms with van der Waals surface area (Å²) in [6.45, 7) is 0. The molecule has 0 aliphatic heterocycles. The molecular weight excluding hydrogens is 868 g/mol. The van der Waals surface area contributed by atoms with Gasteiger partial charge in [0.05, 0.1) is 22.4 Å². The van der Waals surface area contributed by atoms with Crippen LogP contribution in [-0.2, 0) is 4.57 Å². The number of halogens is 1. The van der Waals surface area contributed by atoms with Crippen LogP contribution in [0.25, 0.3) is 84.7 Å². The van der Waals surface area contributed by atoms with Crippen molar-refractivity contribution in [1.29, 1.82) is 0 Å². The first-order valence-corrected chi connectivity index (χ1v) is 24.2. The molecule has 12 rings (SSSR count). The molecule has 0 saturated heterocycles. The average Bonchev–Trinajstić information content (AvgIpc) is 3.92. The molecule has 0 saturated carbocycles. The number of aromatic nitrogens is 2. The predicted octanol–water partition coefficient (Wildman–Crippen LogP) is 14.9. The molecule has 0 radical (unpaired) electrons. The van der Waals surface area contributed by atoms with E-state index < -0.39 is 7.14 Å².